The molecule has 3 aromatic rings. The Morgan fingerprint density at radius 3 is 2.59 bits per heavy atom. The lowest BCUT2D eigenvalue weighted by molar-refractivity contribution is 0.744. The highest BCUT2D eigenvalue weighted by molar-refractivity contribution is 5.77. The molecule has 0 aliphatic carbocycles. The summed E-state index contributed by atoms with van der Waals surface area (Å²) in [7, 11) is 0. The first kappa shape index (κ1) is 18.5. The molecule has 0 bridgehead atoms. The summed E-state index contributed by atoms with van der Waals surface area (Å²) in [4.78, 5) is 21.6. The molecule has 1 N–H and O–H groups in total. The first-order chi connectivity index (χ1) is 13.1. The number of aromatic nitrogens is 4. The second-order valence-electron chi connectivity index (χ2n) is 6.19. The number of aromatic amines is 1. The van der Waals surface area contributed by atoms with Crippen LogP contribution in [0, 0.1) is 11.3 Å². The van der Waals surface area contributed by atoms with Gasteiger partial charge in [0.05, 0.1) is 23.1 Å². The molecule has 0 aliphatic rings. The van der Waals surface area contributed by atoms with Gasteiger partial charge in [0.2, 0.25) is 0 Å². The number of rotatable bonds is 6. The summed E-state index contributed by atoms with van der Waals surface area (Å²) >= 11 is 0. The molecule has 7 heteroatoms. The first-order valence-corrected chi connectivity index (χ1v) is 9.14. The Hall–Kier alpha value is -3.27. The van der Waals surface area contributed by atoms with Gasteiger partial charge in [0.15, 0.2) is 5.82 Å². The van der Waals surface area contributed by atoms with Gasteiger partial charge in [0.25, 0.3) is 5.56 Å². The number of para-hydroxylation sites is 1. The molecule has 0 aliphatic heterocycles. The van der Waals surface area contributed by atoms with E-state index in [4.69, 9.17) is 0 Å². The van der Waals surface area contributed by atoms with Crippen LogP contribution in [0.1, 0.15) is 43.4 Å². The third kappa shape index (κ3) is 3.51. The average molecular weight is 362 g/mol. The molecule has 0 atom stereocenters. The van der Waals surface area contributed by atoms with Gasteiger partial charge in [-0.2, -0.15) is 10.4 Å². The fourth-order valence-corrected chi connectivity index (χ4v) is 3.23. The van der Waals surface area contributed by atoms with E-state index in [0.717, 1.165) is 24.1 Å². The zero-order valence-electron chi connectivity index (χ0n) is 15.8. The number of anilines is 1. The number of H-pyrrole nitrogens is 1. The van der Waals surface area contributed by atoms with Gasteiger partial charge in [-0.1, -0.05) is 26.0 Å². The van der Waals surface area contributed by atoms with Crippen molar-refractivity contribution in [2.24, 2.45) is 0 Å². The van der Waals surface area contributed by atoms with E-state index in [2.05, 4.69) is 26.2 Å². The lowest BCUT2D eigenvalue weighted by Gasteiger charge is -2.23. The highest BCUT2D eigenvalue weighted by Gasteiger charge is 2.19. The highest BCUT2D eigenvalue weighted by atomic mass is 16.1. The molecular weight excluding hydrogens is 340 g/mol. The van der Waals surface area contributed by atoms with Gasteiger partial charge < -0.3 is 9.88 Å². The van der Waals surface area contributed by atoms with E-state index in [1.54, 1.807) is 6.07 Å². The van der Waals surface area contributed by atoms with Crippen LogP contribution in [0.4, 0.5) is 5.82 Å². The van der Waals surface area contributed by atoms with Crippen LogP contribution in [0.5, 0.6) is 0 Å². The average Bonchev–Trinajstić information content (AvgIpc) is 2.70. The molecule has 2 aromatic heterocycles. The molecule has 0 saturated heterocycles. The van der Waals surface area contributed by atoms with Crippen LogP contribution in [0.25, 0.3) is 10.9 Å². The fourth-order valence-electron chi connectivity index (χ4n) is 3.23. The molecule has 7 nitrogen and oxygen atoms in total. The normalized spacial score (nSPS) is 10.7. The molecule has 0 fully saturated rings. The van der Waals surface area contributed by atoms with Crippen LogP contribution in [-0.2, 0) is 19.4 Å². The summed E-state index contributed by atoms with van der Waals surface area (Å²) in [5.41, 5.74) is 2.81. The summed E-state index contributed by atoms with van der Waals surface area (Å²) < 4.78 is 0. The van der Waals surface area contributed by atoms with Crippen molar-refractivity contribution >= 4 is 16.7 Å². The fraction of sp³-hybridized carbons (Fsp3) is 0.350. The van der Waals surface area contributed by atoms with E-state index < -0.39 is 0 Å². The number of nitrogens with one attached hydrogen (secondary N) is 1. The van der Waals surface area contributed by atoms with Crippen molar-refractivity contribution in [3.63, 3.8) is 0 Å². The minimum atomic E-state index is -0.172. The van der Waals surface area contributed by atoms with Crippen LogP contribution >= 0.6 is 0 Å². The summed E-state index contributed by atoms with van der Waals surface area (Å²) in [6.45, 7) is 6.94. The van der Waals surface area contributed by atoms with E-state index in [1.165, 1.54) is 0 Å². The number of nitriles is 1. The first-order valence-electron chi connectivity index (χ1n) is 9.14. The second kappa shape index (κ2) is 7.96. The molecule has 0 saturated carbocycles. The minimum absolute atomic E-state index is 0.172. The van der Waals surface area contributed by atoms with Crippen LogP contribution in [0.2, 0.25) is 0 Å². The summed E-state index contributed by atoms with van der Waals surface area (Å²) in [6, 6.07) is 9.53. The third-order valence-corrected chi connectivity index (χ3v) is 4.62. The SMILES string of the molecule is CCc1nnc(N(CC)Cc2nc3ccccc3c(=O)[nH]2)c(C#N)c1CC. The zero-order chi connectivity index (χ0) is 19.4. The molecule has 0 unspecified atom stereocenters. The smallest absolute Gasteiger partial charge is 0.258 e. The Bertz CT molecular complexity index is 1070. The number of hydrogen-bond donors (Lipinski definition) is 1. The largest absolute Gasteiger partial charge is 0.347 e. The van der Waals surface area contributed by atoms with Crippen molar-refractivity contribution in [3.8, 4) is 6.07 Å². The van der Waals surface area contributed by atoms with E-state index in [9.17, 15) is 10.1 Å². The minimum Gasteiger partial charge on any atom is -0.347 e. The molecule has 3 rings (SSSR count). The number of benzene rings is 1. The Labute approximate surface area is 157 Å². The number of aryl methyl sites for hydroxylation is 1. The molecular formula is C20H22N6O. The molecule has 27 heavy (non-hydrogen) atoms. The molecule has 0 amide bonds. The van der Waals surface area contributed by atoms with Gasteiger partial charge in [0.1, 0.15) is 17.5 Å². The summed E-state index contributed by atoms with van der Waals surface area (Å²) in [5.74, 6) is 1.06. The summed E-state index contributed by atoms with van der Waals surface area (Å²) in [6.07, 6.45) is 1.45. The topological polar surface area (TPSA) is 98.6 Å². The maximum Gasteiger partial charge on any atom is 0.258 e. The molecule has 0 radical (unpaired) electrons. The standard InChI is InChI=1S/C20H22N6O/c1-4-13-15(11-21)19(25-24-16(13)5-2)26(6-3)12-18-22-17-10-8-7-9-14(17)20(27)23-18/h7-10H,4-6,12H2,1-3H3,(H,22,23,27). The predicted octanol–water partition coefficient (Wildman–Crippen LogP) is 2.74. The molecule has 0 spiro atoms. The van der Waals surface area contributed by atoms with E-state index in [0.29, 0.717) is 41.2 Å². The zero-order valence-corrected chi connectivity index (χ0v) is 15.8. The van der Waals surface area contributed by atoms with Gasteiger partial charge in [-0.3, -0.25) is 4.79 Å². The van der Waals surface area contributed by atoms with Crippen molar-refractivity contribution in [1.29, 1.82) is 5.26 Å². The summed E-state index contributed by atoms with van der Waals surface area (Å²) in [5, 5.41) is 18.9. The van der Waals surface area contributed by atoms with Crippen molar-refractivity contribution in [2.45, 2.75) is 40.2 Å². The molecule has 2 heterocycles. The maximum atomic E-state index is 12.3. The third-order valence-electron chi connectivity index (χ3n) is 4.62. The lowest BCUT2D eigenvalue weighted by Crippen LogP contribution is -2.28. The van der Waals surface area contributed by atoms with Crippen molar-refractivity contribution in [3.05, 3.63) is 57.3 Å². The van der Waals surface area contributed by atoms with E-state index in [1.807, 2.05) is 43.9 Å². The maximum absolute atomic E-state index is 12.3. The van der Waals surface area contributed by atoms with E-state index >= 15 is 0 Å². The predicted molar refractivity (Wildman–Crippen MR) is 105 cm³/mol. The number of fused-ring (bicyclic) bond motifs is 1. The highest BCUT2D eigenvalue weighted by Crippen LogP contribution is 2.24. The van der Waals surface area contributed by atoms with Gasteiger partial charge >= 0.3 is 0 Å². The van der Waals surface area contributed by atoms with Crippen molar-refractivity contribution in [1.82, 2.24) is 20.2 Å². The molecule has 138 valence electrons. The van der Waals surface area contributed by atoms with Gasteiger partial charge in [-0.15, -0.1) is 5.10 Å². The van der Waals surface area contributed by atoms with Crippen molar-refractivity contribution in [2.75, 3.05) is 11.4 Å². The van der Waals surface area contributed by atoms with Crippen molar-refractivity contribution < 1.29 is 0 Å². The monoisotopic (exact) mass is 362 g/mol. The van der Waals surface area contributed by atoms with Gasteiger partial charge in [-0.05, 0) is 37.5 Å². The second-order valence-corrected chi connectivity index (χ2v) is 6.19. The van der Waals surface area contributed by atoms with E-state index in [-0.39, 0.29) is 5.56 Å². The lowest BCUT2D eigenvalue weighted by atomic mass is 10.0. The van der Waals surface area contributed by atoms with Gasteiger partial charge in [0, 0.05) is 6.54 Å². The number of hydrogen-bond acceptors (Lipinski definition) is 6. The Morgan fingerprint density at radius 1 is 1.15 bits per heavy atom. The number of nitrogens with zero attached hydrogens (tertiary/aromatic N) is 5. The van der Waals surface area contributed by atoms with Crippen LogP contribution < -0.4 is 10.5 Å². The molecule has 1 aromatic carbocycles. The Kier molecular flexibility index (Phi) is 5.46. The van der Waals surface area contributed by atoms with Gasteiger partial charge in [-0.25, -0.2) is 4.98 Å². The Morgan fingerprint density at radius 2 is 1.93 bits per heavy atom. The van der Waals surface area contributed by atoms with Crippen LogP contribution in [0.15, 0.2) is 29.1 Å². The van der Waals surface area contributed by atoms with Crippen LogP contribution in [-0.4, -0.2) is 26.7 Å². The Balaban J connectivity index is 2.04. The quantitative estimate of drug-likeness (QED) is 0.724. The van der Waals surface area contributed by atoms with Crippen LogP contribution in [0.3, 0.4) is 0 Å².